The van der Waals surface area contributed by atoms with Crippen LogP contribution in [0, 0.1) is 0 Å². The standard InChI is InChI=1S/C11H11BrO4/c1-2-16-11(15)9-6-8(12)4-3-7(9)5-10(13)14/h3-4,6H,2,5H2,1H3,(H,13,14). The summed E-state index contributed by atoms with van der Waals surface area (Å²) in [6.07, 6.45) is -0.193. The van der Waals surface area contributed by atoms with E-state index < -0.39 is 11.9 Å². The summed E-state index contributed by atoms with van der Waals surface area (Å²) in [5.41, 5.74) is 0.743. The lowest BCUT2D eigenvalue weighted by Gasteiger charge is -2.07. The van der Waals surface area contributed by atoms with Crippen molar-refractivity contribution in [2.75, 3.05) is 6.61 Å². The Kier molecular flexibility index (Phi) is 4.49. The number of carbonyl (C=O) groups excluding carboxylic acids is 1. The van der Waals surface area contributed by atoms with Crippen LogP contribution in [-0.4, -0.2) is 23.7 Å². The van der Waals surface area contributed by atoms with Crippen LogP contribution in [0.2, 0.25) is 0 Å². The molecule has 0 bridgehead atoms. The summed E-state index contributed by atoms with van der Waals surface area (Å²) in [7, 11) is 0. The van der Waals surface area contributed by atoms with Gasteiger partial charge >= 0.3 is 11.9 Å². The maximum absolute atomic E-state index is 11.6. The molecule has 1 N–H and O–H groups in total. The van der Waals surface area contributed by atoms with Crippen LogP contribution < -0.4 is 0 Å². The van der Waals surface area contributed by atoms with Gasteiger partial charge in [-0.05, 0) is 24.6 Å². The smallest absolute Gasteiger partial charge is 0.338 e. The Morgan fingerprint density at radius 3 is 2.69 bits per heavy atom. The Labute approximate surface area is 101 Å². The normalized spacial score (nSPS) is 9.88. The van der Waals surface area contributed by atoms with Crippen molar-refractivity contribution in [1.29, 1.82) is 0 Å². The quantitative estimate of drug-likeness (QED) is 0.863. The molecule has 0 heterocycles. The van der Waals surface area contributed by atoms with E-state index in [1.807, 2.05) is 0 Å². The molecule has 0 fully saturated rings. The molecule has 0 unspecified atom stereocenters. The van der Waals surface area contributed by atoms with Crippen molar-refractivity contribution in [1.82, 2.24) is 0 Å². The van der Waals surface area contributed by atoms with Crippen LogP contribution in [0.4, 0.5) is 0 Å². The van der Waals surface area contributed by atoms with E-state index in [2.05, 4.69) is 15.9 Å². The first-order valence-electron chi connectivity index (χ1n) is 4.72. The second-order valence-electron chi connectivity index (χ2n) is 3.09. The summed E-state index contributed by atoms with van der Waals surface area (Å²) in [6.45, 7) is 1.96. The van der Waals surface area contributed by atoms with E-state index in [0.29, 0.717) is 15.6 Å². The van der Waals surface area contributed by atoms with Gasteiger partial charge in [0, 0.05) is 4.47 Å². The van der Waals surface area contributed by atoms with Crippen molar-refractivity contribution < 1.29 is 19.4 Å². The topological polar surface area (TPSA) is 63.6 Å². The summed E-state index contributed by atoms with van der Waals surface area (Å²) in [4.78, 5) is 22.2. The third-order valence-corrected chi connectivity index (χ3v) is 2.40. The maximum atomic E-state index is 11.6. The van der Waals surface area contributed by atoms with Crippen molar-refractivity contribution in [3.05, 3.63) is 33.8 Å². The Balaban J connectivity index is 3.07. The zero-order valence-corrected chi connectivity index (χ0v) is 10.3. The lowest BCUT2D eigenvalue weighted by molar-refractivity contribution is -0.136. The second-order valence-corrected chi connectivity index (χ2v) is 4.01. The lowest BCUT2D eigenvalue weighted by atomic mass is 10.0. The highest BCUT2D eigenvalue weighted by molar-refractivity contribution is 9.10. The summed E-state index contributed by atoms with van der Waals surface area (Å²) in [6, 6.07) is 4.86. The van der Waals surface area contributed by atoms with Gasteiger partial charge in [0.05, 0.1) is 18.6 Å². The summed E-state index contributed by atoms with van der Waals surface area (Å²) in [5.74, 6) is -1.48. The van der Waals surface area contributed by atoms with E-state index in [9.17, 15) is 9.59 Å². The van der Waals surface area contributed by atoms with Crippen LogP contribution in [0.3, 0.4) is 0 Å². The SMILES string of the molecule is CCOC(=O)c1cc(Br)ccc1CC(=O)O. The fraction of sp³-hybridized carbons (Fsp3) is 0.273. The predicted molar refractivity (Wildman–Crippen MR) is 61.4 cm³/mol. The summed E-state index contributed by atoms with van der Waals surface area (Å²) >= 11 is 3.23. The molecule has 86 valence electrons. The minimum atomic E-state index is -0.979. The highest BCUT2D eigenvalue weighted by atomic mass is 79.9. The number of carboxylic acid groups (broad SMARTS) is 1. The Morgan fingerprint density at radius 1 is 1.44 bits per heavy atom. The highest BCUT2D eigenvalue weighted by Crippen LogP contribution is 2.18. The molecular weight excluding hydrogens is 276 g/mol. The molecule has 5 heteroatoms. The molecule has 0 aliphatic heterocycles. The van der Waals surface area contributed by atoms with Crippen molar-refractivity contribution >= 4 is 27.9 Å². The molecule has 1 aromatic carbocycles. The number of halogens is 1. The van der Waals surface area contributed by atoms with E-state index >= 15 is 0 Å². The summed E-state index contributed by atoms with van der Waals surface area (Å²) < 4.78 is 5.57. The first-order chi connectivity index (χ1) is 7.54. The number of carboxylic acids is 1. The zero-order valence-electron chi connectivity index (χ0n) is 8.70. The zero-order chi connectivity index (χ0) is 12.1. The molecule has 0 aliphatic rings. The molecule has 0 saturated heterocycles. The predicted octanol–water partition coefficient (Wildman–Crippen LogP) is 2.25. The monoisotopic (exact) mass is 286 g/mol. The number of ether oxygens (including phenoxy) is 1. The number of benzene rings is 1. The van der Waals surface area contributed by atoms with Crippen LogP contribution in [-0.2, 0) is 16.0 Å². The van der Waals surface area contributed by atoms with Crippen LogP contribution >= 0.6 is 15.9 Å². The molecule has 0 aromatic heterocycles. The van der Waals surface area contributed by atoms with Crippen molar-refractivity contribution in [3.8, 4) is 0 Å². The van der Waals surface area contributed by atoms with Gasteiger partial charge in [0.2, 0.25) is 0 Å². The fourth-order valence-electron chi connectivity index (χ4n) is 1.26. The number of carbonyl (C=O) groups is 2. The maximum Gasteiger partial charge on any atom is 0.338 e. The van der Waals surface area contributed by atoms with Gasteiger partial charge in [0.25, 0.3) is 0 Å². The second kappa shape index (κ2) is 5.65. The van der Waals surface area contributed by atoms with E-state index in [1.54, 1.807) is 25.1 Å². The van der Waals surface area contributed by atoms with E-state index in [-0.39, 0.29) is 13.0 Å². The van der Waals surface area contributed by atoms with E-state index in [1.165, 1.54) is 0 Å². The third-order valence-electron chi connectivity index (χ3n) is 1.91. The van der Waals surface area contributed by atoms with Gasteiger partial charge in [0.15, 0.2) is 0 Å². The fourth-order valence-corrected chi connectivity index (χ4v) is 1.63. The molecule has 4 nitrogen and oxygen atoms in total. The van der Waals surface area contributed by atoms with E-state index in [0.717, 1.165) is 0 Å². The third kappa shape index (κ3) is 3.34. The van der Waals surface area contributed by atoms with Gasteiger partial charge in [-0.2, -0.15) is 0 Å². The van der Waals surface area contributed by atoms with Gasteiger partial charge in [0.1, 0.15) is 0 Å². The molecule has 1 rings (SSSR count). The molecule has 1 aromatic rings. The van der Waals surface area contributed by atoms with Crippen LogP contribution in [0.15, 0.2) is 22.7 Å². The Morgan fingerprint density at radius 2 is 2.12 bits per heavy atom. The molecule has 0 aliphatic carbocycles. The number of hydrogen-bond acceptors (Lipinski definition) is 3. The van der Waals surface area contributed by atoms with Crippen LogP contribution in [0.1, 0.15) is 22.8 Å². The van der Waals surface area contributed by atoms with Gasteiger partial charge in [-0.15, -0.1) is 0 Å². The number of esters is 1. The van der Waals surface area contributed by atoms with Crippen LogP contribution in [0.5, 0.6) is 0 Å². The Bertz CT molecular complexity index is 414. The first-order valence-corrected chi connectivity index (χ1v) is 5.51. The van der Waals surface area contributed by atoms with Crippen molar-refractivity contribution in [3.63, 3.8) is 0 Å². The molecule has 0 amide bonds. The van der Waals surface area contributed by atoms with Gasteiger partial charge < -0.3 is 9.84 Å². The molecule has 16 heavy (non-hydrogen) atoms. The average molecular weight is 287 g/mol. The van der Waals surface area contributed by atoms with Gasteiger partial charge in [-0.1, -0.05) is 22.0 Å². The lowest BCUT2D eigenvalue weighted by Crippen LogP contribution is -2.11. The van der Waals surface area contributed by atoms with Gasteiger partial charge in [-0.25, -0.2) is 4.79 Å². The van der Waals surface area contributed by atoms with E-state index in [4.69, 9.17) is 9.84 Å². The van der Waals surface area contributed by atoms with Crippen molar-refractivity contribution in [2.45, 2.75) is 13.3 Å². The number of rotatable bonds is 4. The average Bonchev–Trinajstić information content (AvgIpc) is 2.20. The molecule has 0 atom stereocenters. The first kappa shape index (κ1) is 12.7. The van der Waals surface area contributed by atoms with Gasteiger partial charge in [-0.3, -0.25) is 4.79 Å². The number of hydrogen-bond donors (Lipinski definition) is 1. The molecule has 0 saturated carbocycles. The minimum Gasteiger partial charge on any atom is -0.481 e. The molecular formula is C11H11BrO4. The number of aliphatic carboxylic acids is 1. The summed E-state index contributed by atoms with van der Waals surface area (Å²) in [5, 5.41) is 8.71. The highest BCUT2D eigenvalue weighted by Gasteiger charge is 2.14. The van der Waals surface area contributed by atoms with Crippen molar-refractivity contribution in [2.24, 2.45) is 0 Å². The molecule has 0 radical (unpaired) electrons. The largest absolute Gasteiger partial charge is 0.481 e. The molecule has 0 spiro atoms. The van der Waals surface area contributed by atoms with Crippen LogP contribution in [0.25, 0.3) is 0 Å². The Hall–Kier alpha value is -1.36. The minimum absolute atomic E-state index is 0.193.